The van der Waals surface area contributed by atoms with Crippen molar-refractivity contribution < 1.29 is 13.9 Å². The van der Waals surface area contributed by atoms with E-state index in [1.165, 1.54) is 6.07 Å². The Labute approximate surface area is 106 Å². The Bertz CT molecular complexity index is 469. The van der Waals surface area contributed by atoms with Crippen LogP contribution in [0.25, 0.3) is 0 Å². The molecule has 96 valence electrons. The topological polar surface area (TPSA) is 29.5 Å². The maximum absolute atomic E-state index is 13.9. The van der Waals surface area contributed by atoms with Gasteiger partial charge in [0.25, 0.3) is 0 Å². The Hall–Kier alpha value is -1.58. The molecule has 0 radical (unpaired) electrons. The van der Waals surface area contributed by atoms with E-state index in [9.17, 15) is 9.18 Å². The molecule has 1 aromatic carbocycles. The van der Waals surface area contributed by atoms with Crippen LogP contribution in [0.1, 0.15) is 25.7 Å². The second-order valence-corrected chi connectivity index (χ2v) is 4.91. The van der Waals surface area contributed by atoms with E-state index in [1.54, 1.807) is 17.0 Å². The van der Waals surface area contributed by atoms with Crippen LogP contribution in [-0.4, -0.2) is 19.1 Å². The van der Waals surface area contributed by atoms with Crippen molar-refractivity contribution in [1.29, 1.82) is 0 Å². The third-order valence-corrected chi connectivity index (χ3v) is 3.76. The first-order valence-electron chi connectivity index (χ1n) is 6.50. The number of halogens is 1. The zero-order chi connectivity index (χ0) is 12.5. The van der Waals surface area contributed by atoms with Crippen molar-refractivity contribution in [3.63, 3.8) is 0 Å². The fourth-order valence-electron chi connectivity index (χ4n) is 2.85. The molecule has 0 unspecified atom stereocenters. The summed E-state index contributed by atoms with van der Waals surface area (Å²) >= 11 is 0. The van der Waals surface area contributed by atoms with E-state index in [0.717, 1.165) is 25.7 Å². The maximum atomic E-state index is 13.9. The summed E-state index contributed by atoms with van der Waals surface area (Å²) in [4.78, 5) is 14.0. The van der Waals surface area contributed by atoms with Crippen molar-refractivity contribution in [2.75, 3.05) is 18.1 Å². The third kappa shape index (κ3) is 1.85. The van der Waals surface area contributed by atoms with E-state index in [1.807, 2.05) is 0 Å². The molecule has 4 heteroatoms. The fraction of sp³-hybridized carbons (Fsp3) is 0.500. The van der Waals surface area contributed by atoms with Gasteiger partial charge in [0.05, 0.1) is 6.54 Å². The number of hydrogen-bond acceptors (Lipinski definition) is 2. The van der Waals surface area contributed by atoms with Crippen LogP contribution >= 0.6 is 0 Å². The summed E-state index contributed by atoms with van der Waals surface area (Å²) < 4.78 is 19.3. The average molecular weight is 249 g/mol. The number of benzene rings is 1. The van der Waals surface area contributed by atoms with Gasteiger partial charge in [0.15, 0.2) is 5.82 Å². The second kappa shape index (κ2) is 4.59. The number of ether oxygens (including phenoxy) is 1. The molecular formula is C14H16FNO2. The number of carbonyl (C=O) groups is 1. The first-order valence-corrected chi connectivity index (χ1v) is 6.50. The van der Waals surface area contributed by atoms with Crippen LogP contribution in [0.3, 0.4) is 0 Å². The van der Waals surface area contributed by atoms with Gasteiger partial charge in [-0.05, 0) is 25.0 Å². The zero-order valence-electron chi connectivity index (χ0n) is 10.2. The molecule has 1 aliphatic carbocycles. The second-order valence-electron chi connectivity index (χ2n) is 4.91. The van der Waals surface area contributed by atoms with Gasteiger partial charge >= 0.3 is 0 Å². The number of amides is 1. The number of hydrogen-bond donors (Lipinski definition) is 0. The quantitative estimate of drug-likeness (QED) is 0.766. The minimum absolute atomic E-state index is 0.0575. The van der Waals surface area contributed by atoms with Gasteiger partial charge in [0.2, 0.25) is 5.91 Å². The summed E-state index contributed by atoms with van der Waals surface area (Å²) in [6.45, 7) is 0.887. The van der Waals surface area contributed by atoms with Crippen molar-refractivity contribution in [2.24, 2.45) is 5.92 Å². The molecule has 1 fully saturated rings. The fourth-order valence-corrected chi connectivity index (χ4v) is 2.85. The average Bonchev–Trinajstić information content (AvgIpc) is 2.91. The summed E-state index contributed by atoms with van der Waals surface area (Å²) in [5.41, 5.74) is 0.320. The van der Waals surface area contributed by atoms with Crippen LogP contribution in [0.5, 0.6) is 5.75 Å². The number of anilines is 1. The predicted molar refractivity (Wildman–Crippen MR) is 66.2 cm³/mol. The van der Waals surface area contributed by atoms with Crippen LogP contribution in [0, 0.1) is 11.7 Å². The lowest BCUT2D eigenvalue weighted by atomic mass is 10.1. The Morgan fingerprint density at radius 1 is 1.33 bits per heavy atom. The first kappa shape index (κ1) is 11.5. The van der Waals surface area contributed by atoms with Crippen LogP contribution in [0.2, 0.25) is 0 Å². The minimum atomic E-state index is -0.376. The lowest BCUT2D eigenvalue weighted by Crippen LogP contribution is -2.41. The van der Waals surface area contributed by atoms with Crippen LogP contribution in [-0.2, 0) is 4.79 Å². The zero-order valence-corrected chi connectivity index (χ0v) is 10.2. The van der Waals surface area contributed by atoms with Gasteiger partial charge in [0, 0.05) is 5.92 Å². The van der Waals surface area contributed by atoms with Gasteiger partial charge in [-0.25, -0.2) is 4.39 Å². The molecule has 0 bridgehead atoms. The Kier molecular flexibility index (Phi) is 2.94. The highest BCUT2D eigenvalue weighted by atomic mass is 19.1. The molecule has 0 atom stereocenters. The summed E-state index contributed by atoms with van der Waals surface area (Å²) in [6.07, 6.45) is 4.07. The number of rotatable bonds is 1. The summed E-state index contributed by atoms with van der Waals surface area (Å²) in [5.74, 6) is 0.226. The number of fused-ring (bicyclic) bond motifs is 1. The number of para-hydroxylation sites is 1. The molecule has 2 aliphatic rings. The highest BCUT2D eigenvalue weighted by Crippen LogP contribution is 2.36. The van der Waals surface area contributed by atoms with Crippen LogP contribution < -0.4 is 9.64 Å². The standard InChI is InChI=1S/C14H16FNO2/c15-11-6-3-7-12-13(11)16(8-9-18-12)14(17)10-4-1-2-5-10/h3,6-7,10H,1-2,4-5,8-9H2. The Morgan fingerprint density at radius 3 is 2.89 bits per heavy atom. The van der Waals surface area contributed by atoms with Gasteiger partial charge in [-0.2, -0.15) is 0 Å². The van der Waals surface area contributed by atoms with E-state index in [2.05, 4.69) is 0 Å². The molecule has 0 saturated heterocycles. The largest absolute Gasteiger partial charge is 0.489 e. The van der Waals surface area contributed by atoms with Crippen LogP contribution in [0.15, 0.2) is 18.2 Å². The maximum Gasteiger partial charge on any atom is 0.230 e. The van der Waals surface area contributed by atoms with Gasteiger partial charge in [-0.3, -0.25) is 4.79 Å². The minimum Gasteiger partial charge on any atom is -0.489 e. The molecule has 3 nitrogen and oxygen atoms in total. The summed E-state index contributed by atoms with van der Waals surface area (Å²) in [7, 11) is 0. The van der Waals surface area contributed by atoms with Gasteiger partial charge in [-0.15, -0.1) is 0 Å². The highest BCUT2D eigenvalue weighted by molar-refractivity contribution is 5.97. The lowest BCUT2D eigenvalue weighted by molar-refractivity contribution is -0.122. The highest BCUT2D eigenvalue weighted by Gasteiger charge is 2.32. The smallest absolute Gasteiger partial charge is 0.230 e. The molecular weight excluding hydrogens is 233 g/mol. The predicted octanol–water partition coefficient (Wildman–Crippen LogP) is 2.74. The SMILES string of the molecule is O=C(C1CCCC1)N1CCOc2cccc(F)c21. The lowest BCUT2D eigenvalue weighted by Gasteiger charge is -2.31. The van der Waals surface area contributed by atoms with Crippen molar-refractivity contribution in [1.82, 2.24) is 0 Å². The molecule has 0 aromatic heterocycles. The molecule has 1 aromatic rings. The van der Waals surface area contributed by atoms with Gasteiger partial charge in [-0.1, -0.05) is 18.9 Å². The number of carbonyl (C=O) groups excluding carboxylic acids is 1. The third-order valence-electron chi connectivity index (χ3n) is 3.76. The summed E-state index contributed by atoms with van der Waals surface area (Å²) in [5, 5.41) is 0. The molecule has 1 heterocycles. The van der Waals surface area contributed by atoms with Crippen molar-refractivity contribution in [3.8, 4) is 5.75 Å². The Morgan fingerprint density at radius 2 is 2.11 bits per heavy atom. The van der Waals surface area contributed by atoms with Crippen molar-refractivity contribution in [3.05, 3.63) is 24.0 Å². The van der Waals surface area contributed by atoms with E-state index < -0.39 is 0 Å². The van der Waals surface area contributed by atoms with E-state index >= 15 is 0 Å². The van der Waals surface area contributed by atoms with Crippen molar-refractivity contribution >= 4 is 11.6 Å². The van der Waals surface area contributed by atoms with E-state index in [-0.39, 0.29) is 17.6 Å². The normalized spacial score (nSPS) is 19.5. The van der Waals surface area contributed by atoms with Crippen molar-refractivity contribution in [2.45, 2.75) is 25.7 Å². The molecule has 18 heavy (non-hydrogen) atoms. The number of nitrogens with zero attached hydrogens (tertiary/aromatic N) is 1. The van der Waals surface area contributed by atoms with E-state index in [4.69, 9.17) is 4.74 Å². The molecule has 1 aliphatic heterocycles. The van der Waals surface area contributed by atoms with Gasteiger partial charge in [0.1, 0.15) is 18.0 Å². The van der Waals surface area contributed by atoms with E-state index in [0.29, 0.717) is 24.6 Å². The molecule has 1 amide bonds. The molecule has 0 N–H and O–H groups in total. The first-order chi connectivity index (χ1) is 8.77. The molecule has 1 saturated carbocycles. The monoisotopic (exact) mass is 249 g/mol. The molecule has 3 rings (SSSR count). The van der Waals surface area contributed by atoms with Gasteiger partial charge < -0.3 is 9.64 Å². The Balaban J connectivity index is 1.93. The molecule has 0 spiro atoms. The van der Waals surface area contributed by atoms with Crippen LogP contribution in [0.4, 0.5) is 10.1 Å². The summed E-state index contributed by atoms with van der Waals surface area (Å²) in [6, 6.07) is 4.70.